The van der Waals surface area contributed by atoms with Gasteiger partial charge in [0.2, 0.25) is 0 Å². The molecule has 1 spiro atoms. The molecule has 3 aliphatic rings. The van der Waals surface area contributed by atoms with Crippen molar-refractivity contribution in [1.29, 1.82) is 0 Å². The van der Waals surface area contributed by atoms with E-state index in [1.165, 1.54) is 0 Å². The number of pyridine rings is 1. The lowest BCUT2D eigenvalue weighted by Gasteiger charge is -2.41. The van der Waals surface area contributed by atoms with E-state index in [4.69, 9.17) is 9.57 Å². The molecular weight excluding hydrogens is 418 g/mol. The molecule has 0 amide bonds. The van der Waals surface area contributed by atoms with Gasteiger partial charge in [-0.05, 0) is 32.8 Å². The zero-order chi connectivity index (χ0) is 21.6. The number of hydrogen-bond acceptors (Lipinski definition) is 8. The van der Waals surface area contributed by atoms with Crippen molar-refractivity contribution in [2.75, 3.05) is 23.4 Å². The fraction of sp³-hybridized carbons (Fsp3) is 0.619. The lowest BCUT2D eigenvalue weighted by atomic mass is 9.77. The number of ether oxygens (including phenoxy) is 1. The van der Waals surface area contributed by atoms with Crippen molar-refractivity contribution >= 4 is 32.3 Å². The molecule has 4 heterocycles. The van der Waals surface area contributed by atoms with Gasteiger partial charge in [0.15, 0.2) is 5.65 Å². The SMILES string of the molecule is CCOC1CC2(C=C(c3cnc4c(cnn4CC)c3NC3CCS(=O)(=O)CC3)NO2)C1. The summed E-state index contributed by atoms with van der Waals surface area (Å²) in [6.07, 6.45) is 8.87. The summed E-state index contributed by atoms with van der Waals surface area (Å²) in [5.74, 6) is 0.433. The normalized spacial score (nSPS) is 24.7. The number of anilines is 1. The van der Waals surface area contributed by atoms with Gasteiger partial charge in [-0.25, -0.2) is 18.1 Å². The Bertz CT molecular complexity index is 1110. The summed E-state index contributed by atoms with van der Waals surface area (Å²) < 4.78 is 31.3. The molecule has 0 bridgehead atoms. The Morgan fingerprint density at radius 1 is 1.29 bits per heavy atom. The molecule has 168 valence electrons. The number of fused-ring (bicyclic) bond motifs is 1. The van der Waals surface area contributed by atoms with Gasteiger partial charge in [-0.15, -0.1) is 0 Å². The molecule has 2 fully saturated rings. The Balaban J connectivity index is 1.47. The molecule has 0 atom stereocenters. The highest BCUT2D eigenvalue weighted by Gasteiger charge is 2.48. The third kappa shape index (κ3) is 3.81. The summed E-state index contributed by atoms with van der Waals surface area (Å²) in [4.78, 5) is 10.6. The first kappa shape index (κ1) is 20.7. The van der Waals surface area contributed by atoms with Crippen LogP contribution in [-0.4, -0.2) is 59.0 Å². The molecule has 1 saturated carbocycles. The molecule has 2 aliphatic heterocycles. The second-order valence-electron chi connectivity index (χ2n) is 8.63. The van der Waals surface area contributed by atoms with E-state index in [9.17, 15) is 8.42 Å². The summed E-state index contributed by atoms with van der Waals surface area (Å²) in [7, 11) is -2.92. The number of rotatable bonds is 6. The lowest BCUT2D eigenvalue weighted by molar-refractivity contribution is -0.154. The quantitative estimate of drug-likeness (QED) is 0.694. The van der Waals surface area contributed by atoms with Gasteiger partial charge in [0.1, 0.15) is 15.4 Å². The minimum absolute atomic E-state index is 0.0840. The smallest absolute Gasteiger partial charge is 0.159 e. The van der Waals surface area contributed by atoms with Crippen molar-refractivity contribution in [2.24, 2.45) is 0 Å². The minimum Gasteiger partial charge on any atom is -0.381 e. The standard InChI is InChI=1S/C21H29N5O4S/c1-3-26-20-17(13-23-26)19(24-14-5-7-31(27,28)8-6-14)16(12-22-20)18-11-21(30-25-18)9-15(10-21)29-4-2/h11-15,25H,3-10H2,1-2H3,(H,22,24). The highest BCUT2D eigenvalue weighted by Crippen LogP contribution is 2.44. The molecule has 2 aromatic rings. The van der Waals surface area contributed by atoms with Gasteiger partial charge in [0.25, 0.3) is 0 Å². The zero-order valence-electron chi connectivity index (χ0n) is 17.9. The lowest BCUT2D eigenvalue weighted by Crippen LogP contribution is -2.48. The van der Waals surface area contributed by atoms with E-state index >= 15 is 0 Å². The summed E-state index contributed by atoms with van der Waals surface area (Å²) >= 11 is 0. The molecule has 1 aliphatic carbocycles. The Morgan fingerprint density at radius 3 is 2.77 bits per heavy atom. The van der Waals surface area contributed by atoms with Gasteiger partial charge in [0, 0.05) is 43.8 Å². The Kier molecular flexibility index (Phi) is 5.18. The number of hydroxylamine groups is 1. The van der Waals surface area contributed by atoms with Crippen LogP contribution in [0.5, 0.6) is 0 Å². The average molecular weight is 448 g/mol. The maximum atomic E-state index is 11.9. The van der Waals surface area contributed by atoms with E-state index in [1.54, 1.807) is 0 Å². The van der Waals surface area contributed by atoms with Crippen LogP contribution in [0, 0.1) is 0 Å². The number of hydrogen-bond donors (Lipinski definition) is 2. The van der Waals surface area contributed by atoms with E-state index in [0.717, 1.165) is 47.4 Å². The van der Waals surface area contributed by atoms with Gasteiger partial charge < -0.3 is 10.1 Å². The van der Waals surface area contributed by atoms with Crippen LogP contribution < -0.4 is 10.8 Å². The largest absolute Gasteiger partial charge is 0.381 e. The monoisotopic (exact) mass is 447 g/mol. The topological polar surface area (TPSA) is 107 Å². The number of nitrogens with one attached hydrogen (secondary N) is 2. The van der Waals surface area contributed by atoms with Crippen molar-refractivity contribution in [2.45, 2.75) is 63.8 Å². The van der Waals surface area contributed by atoms with Crippen LogP contribution in [0.2, 0.25) is 0 Å². The summed E-state index contributed by atoms with van der Waals surface area (Å²) in [5.41, 5.74) is 6.29. The van der Waals surface area contributed by atoms with Gasteiger partial charge in [-0.2, -0.15) is 5.10 Å². The molecule has 0 aromatic carbocycles. The van der Waals surface area contributed by atoms with E-state index in [0.29, 0.717) is 19.4 Å². The first-order valence-electron chi connectivity index (χ1n) is 11.0. The van der Waals surface area contributed by atoms with Crippen molar-refractivity contribution in [3.05, 3.63) is 24.0 Å². The number of aromatic nitrogens is 3. The van der Waals surface area contributed by atoms with Crippen LogP contribution in [0.3, 0.4) is 0 Å². The number of aryl methyl sites for hydroxylation is 1. The molecular formula is C21H29N5O4S. The first-order chi connectivity index (χ1) is 14.9. The van der Waals surface area contributed by atoms with Gasteiger partial charge in [-0.1, -0.05) is 0 Å². The molecule has 10 heteroatoms. The average Bonchev–Trinajstić information content (AvgIpc) is 3.34. The minimum atomic E-state index is -2.92. The maximum Gasteiger partial charge on any atom is 0.159 e. The molecule has 2 N–H and O–H groups in total. The zero-order valence-corrected chi connectivity index (χ0v) is 18.7. The van der Waals surface area contributed by atoms with Crippen LogP contribution in [0.4, 0.5) is 5.69 Å². The van der Waals surface area contributed by atoms with Crippen LogP contribution in [0.25, 0.3) is 16.7 Å². The van der Waals surface area contributed by atoms with Crippen LogP contribution in [0.15, 0.2) is 18.5 Å². The Hall–Kier alpha value is -2.17. The molecule has 2 aromatic heterocycles. The maximum absolute atomic E-state index is 11.9. The molecule has 0 unspecified atom stereocenters. The second kappa shape index (κ2) is 7.75. The molecule has 31 heavy (non-hydrogen) atoms. The van der Waals surface area contributed by atoms with E-state index in [2.05, 4.69) is 27.0 Å². The van der Waals surface area contributed by atoms with Crippen LogP contribution >= 0.6 is 0 Å². The number of sulfone groups is 1. The third-order valence-electron chi connectivity index (χ3n) is 6.48. The van der Waals surface area contributed by atoms with Gasteiger partial charge >= 0.3 is 0 Å². The third-order valence-corrected chi connectivity index (χ3v) is 8.19. The summed E-state index contributed by atoms with van der Waals surface area (Å²) in [6.45, 7) is 5.47. The van der Waals surface area contributed by atoms with Crippen molar-refractivity contribution in [3.63, 3.8) is 0 Å². The van der Waals surface area contributed by atoms with Gasteiger partial charge in [-0.3, -0.25) is 10.3 Å². The molecule has 1 saturated heterocycles. The summed E-state index contributed by atoms with van der Waals surface area (Å²) in [6, 6.07) is 0.0840. The first-order valence-corrected chi connectivity index (χ1v) is 12.8. The predicted molar refractivity (Wildman–Crippen MR) is 118 cm³/mol. The van der Waals surface area contributed by atoms with E-state index in [-0.39, 0.29) is 29.3 Å². The predicted octanol–water partition coefficient (Wildman–Crippen LogP) is 2.25. The van der Waals surface area contributed by atoms with Crippen molar-refractivity contribution < 1.29 is 18.0 Å². The molecule has 5 rings (SSSR count). The molecule has 0 radical (unpaired) electrons. The van der Waals surface area contributed by atoms with Crippen molar-refractivity contribution in [3.8, 4) is 0 Å². The Labute approximate surface area is 182 Å². The van der Waals surface area contributed by atoms with Crippen LogP contribution in [0.1, 0.15) is 45.1 Å². The Morgan fingerprint density at radius 2 is 2.06 bits per heavy atom. The highest BCUT2D eigenvalue weighted by atomic mass is 32.2. The molecule has 9 nitrogen and oxygen atoms in total. The number of nitrogens with zero attached hydrogens (tertiary/aromatic N) is 3. The fourth-order valence-electron chi connectivity index (χ4n) is 4.73. The fourth-order valence-corrected chi connectivity index (χ4v) is 6.22. The van der Waals surface area contributed by atoms with Gasteiger partial charge in [0.05, 0.1) is 40.6 Å². The summed E-state index contributed by atoms with van der Waals surface area (Å²) in [5, 5.41) is 9.02. The second-order valence-corrected chi connectivity index (χ2v) is 10.9. The van der Waals surface area contributed by atoms with Crippen LogP contribution in [-0.2, 0) is 26.0 Å². The van der Waals surface area contributed by atoms with Crippen molar-refractivity contribution in [1.82, 2.24) is 20.2 Å². The highest BCUT2D eigenvalue weighted by molar-refractivity contribution is 7.91. The van der Waals surface area contributed by atoms with E-state index < -0.39 is 9.84 Å². The van der Waals surface area contributed by atoms with E-state index in [1.807, 2.05) is 30.9 Å².